The summed E-state index contributed by atoms with van der Waals surface area (Å²) < 4.78 is 79.6. The Morgan fingerprint density at radius 3 is 2.20 bits per heavy atom. The molecule has 0 radical (unpaired) electrons. The minimum Gasteiger partial charge on any atom is -0.338 e. The Hall–Kier alpha value is -3.15. The number of anilines is 2. The summed E-state index contributed by atoms with van der Waals surface area (Å²) in [5.74, 6) is -2.74. The number of hydrogen-bond acceptors (Lipinski definition) is 4. The summed E-state index contributed by atoms with van der Waals surface area (Å²) in [6, 6.07) is 4.62. The minimum atomic E-state index is -4.59. The number of fused-ring (bicyclic) bond motifs is 1. The van der Waals surface area contributed by atoms with Crippen LogP contribution in [-0.2, 0) is 21.0 Å². The van der Waals surface area contributed by atoms with Crippen LogP contribution in [0.5, 0.6) is 0 Å². The van der Waals surface area contributed by atoms with Gasteiger partial charge in [0.15, 0.2) is 0 Å². The van der Waals surface area contributed by atoms with Crippen molar-refractivity contribution in [1.82, 2.24) is 5.32 Å². The van der Waals surface area contributed by atoms with E-state index in [9.17, 15) is 35.6 Å². The third-order valence-corrected chi connectivity index (χ3v) is 5.68. The van der Waals surface area contributed by atoms with E-state index in [4.69, 9.17) is 0 Å². The monoisotopic (exact) mass is 445 g/mol. The van der Waals surface area contributed by atoms with Gasteiger partial charge >= 0.3 is 6.18 Å². The fraction of sp³-hybridized carbons (Fsp3) is 0.222. The number of rotatable bonds is 3. The van der Waals surface area contributed by atoms with Crippen LogP contribution in [0.25, 0.3) is 0 Å². The molecule has 3 N–H and O–H groups in total. The van der Waals surface area contributed by atoms with E-state index in [1.54, 1.807) is 0 Å². The summed E-state index contributed by atoms with van der Waals surface area (Å²) in [5, 5.41) is 4.60. The van der Waals surface area contributed by atoms with Gasteiger partial charge in [0.05, 0.1) is 21.7 Å². The first-order valence-electron chi connectivity index (χ1n) is 8.38. The molecule has 160 valence electrons. The smallest absolute Gasteiger partial charge is 0.338 e. The third-order valence-electron chi connectivity index (χ3n) is 4.32. The minimum absolute atomic E-state index is 0.197. The van der Waals surface area contributed by atoms with Crippen molar-refractivity contribution in [2.24, 2.45) is 0 Å². The van der Waals surface area contributed by atoms with E-state index in [1.807, 2.05) is 4.72 Å². The van der Waals surface area contributed by atoms with Crippen LogP contribution in [0.4, 0.5) is 28.9 Å². The van der Waals surface area contributed by atoms with Crippen LogP contribution in [0.1, 0.15) is 29.8 Å². The fourth-order valence-electron chi connectivity index (χ4n) is 2.66. The van der Waals surface area contributed by atoms with E-state index in [1.165, 1.54) is 13.8 Å². The number of carbonyl (C=O) groups is 2. The zero-order chi connectivity index (χ0) is 22.5. The van der Waals surface area contributed by atoms with Crippen molar-refractivity contribution >= 4 is 33.2 Å². The molecule has 2 amide bonds. The van der Waals surface area contributed by atoms with Gasteiger partial charge in [-0.3, -0.25) is 14.3 Å². The summed E-state index contributed by atoms with van der Waals surface area (Å²) >= 11 is 0. The molecule has 0 saturated heterocycles. The summed E-state index contributed by atoms with van der Waals surface area (Å²) in [6.45, 7) is 2.77. The molecule has 1 heterocycles. The van der Waals surface area contributed by atoms with Crippen molar-refractivity contribution in [3.05, 3.63) is 53.3 Å². The van der Waals surface area contributed by atoms with E-state index < -0.39 is 61.1 Å². The van der Waals surface area contributed by atoms with E-state index >= 15 is 0 Å². The maximum Gasteiger partial charge on any atom is 0.416 e. The Kier molecular flexibility index (Phi) is 5.01. The predicted molar refractivity (Wildman–Crippen MR) is 98.8 cm³/mol. The van der Waals surface area contributed by atoms with Gasteiger partial charge in [0.2, 0.25) is 5.91 Å². The van der Waals surface area contributed by atoms with Crippen molar-refractivity contribution in [3.63, 3.8) is 0 Å². The summed E-state index contributed by atoms with van der Waals surface area (Å²) in [6.07, 6.45) is -4.59. The Labute approximate surface area is 168 Å². The first kappa shape index (κ1) is 21.6. The molecule has 1 aliphatic rings. The van der Waals surface area contributed by atoms with Gasteiger partial charge in [-0.05, 0) is 50.2 Å². The number of carbonyl (C=O) groups excluding carboxylic acids is 2. The summed E-state index contributed by atoms with van der Waals surface area (Å²) in [7, 11) is -4.46. The Morgan fingerprint density at radius 2 is 1.63 bits per heavy atom. The van der Waals surface area contributed by atoms with Gasteiger partial charge in [0, 0.05) is 5.69 Å². The second kappa shape index (κ2) is 6.97. The van der Waals surface area contributed by atoms with Crippen molar-refractivity contribution in [2.45, 2.75) is 30.5 Å². The molecule has 2 aromatic carbocycles. The number of benzene rings is 2. The molecule has 30 heavy (non-hydrogen) atoms. The molecule has 7 nitrogen and oxygen atoms in total. The normalized spacial score (nSPS) is 16.2. The van der Waals surface area contributed by atoms with E-state index in [0.29, 0.717) is 18.2 Å². The van der Waals surface area contributed by atoms with Crippen LogP contribution in [0.15, 0.2) is 41.3 Å². The molecule has 0 bridgehead atoms. The Balaban J connectivity index is 1.97. The number of hydrogen-bond donors (Lipinski definition) is 3. The lowest BCUT2D eigenvalue weighted by atomic mass is 10.1. The highest BCUT2D eigenvalue weighted by atomic mass is 32.2. The maximum atomic E-state index is 14.6. The SMILES string of the molecule is CC1(C)NC(=O)c2cc(S(=O)(=O)Nc3ccc(C(F)(F)F)cc3)cc(F)c2NC1=O. The van der Waals surface area contributed by atoms with E-state index in [0.717, 1.165) is 18.2 Å². The van der Waals surface area contributed by atoms with Gasteiger partial charge in [0.25, 0.3) is 15.9 Å². The highest BCUT2D eigenvalue weighted by Crippen LogP contribution is 2.31. The molecule has 0 saturated carbocycles. The number of amides is 2. The van der Waals surface area contributed by atoms with Crippen LogP contribution in [-0.4, -0.2) is 25.8 Å². The van der Waals surface area contributed by atoms with Gasteiger partial charge in [-0.15, -0.1) is 0 Å². The molecule has 0 spiro atoms. The van der Waals surface area contributed by atoms with Crippen molar-refractivity contribution < 1.29 is 35.6 Å². The predicted octanol–water partition coefficient (Wildman–Crippen LogP) is 3.11. The second-order valence-corrected chi connectivity index (χ2v) is 8.72. The molecule has 3 rings (SSSR count). The second-order valence-electron chi connectivity index (χ2n) is 7.04. The lowest BCUT2D eigenvalue weighted by Crippen LogP contribution is -2.50. The molecule has 1 aliphatic heterocycles. The number of nitrogens with one attached hydrogen (secondary N) is 3. The Bertz CT molecular complexity index is 1140. The number of alkyl halides is 3. The molecule has 2 aromatic rings. The number of halogens is 4. The molecule has 0 atom stereocenters. The Morgan fingerprint density at radius 1 is 1.03 bits per heavy atom. The van der Waals surface area contributed by atoms with Gasteiger partial charge in [-0.1, -0.05) is 0 Å². The van der Waals surface area contributed by atoms with Crippen molar-refractivity contribution in [2.75, 3.05) is 10.0 Å². The average molecular weight is 445 g/mol. The zero-order valence-electron chi connectivity index (χ0n) is 15.5. The van der Waals surface area contributed by atoms with Gasteiger partial charge in [-0.25, -0.2) is 12.8 Å². The average Bonchev–Trinajstić information content (AvgIpc) is 2.69. The maximum absolute atomic E-state index is 14.6. The van der Waals surface area contributed by atoms with E-state index in [-0.39, 0.29) is 5.69 Å². The first-order valence-corrected chi connectivity index (χ1v) is 9.86. The molecule has 12 heteroatoms. The fourth-order valence-corrected chi connectivity index (χ4v) is 3.76. The standard InChI is InChI=1S/C18H15F4N3O4S/c1-17(2)16(27)23-14-12(15(26)24-17)7-11(8-13(14)19)30(28,29)25-10-5-3-9(4-6-10)18(20,21)22/h3-8,25H,1-2H3,(H,23,27)(H,24,26). The van der Waals surface area contributed by atoms with Crippen molar-refractivity contribution in [3.8, 4) is 0 Å². The quantitative estimate of drug-likeness (QED) is 0.632. The van der Waals surface area contributed by atoms with Crippen LogP contribution in [0.2, 0.25) is 0 Å². The largest absolute Gasteiger partial charge is 0.416 e. The lowest BCUT2D eigenvalue weighted by molar-refractivity contribution is -0.137. The van der Waals surface area contributed by atoms with Gasteiger partial charge in [0.1, 0.15) is 11.4 Å². The van der Waals surface area contributed by atoms with Crippen LogP contribution in [0, 0.1) is 5.82 Å². The third kappa shape index (κ3) is 4.08. The molecule has 0 aromatic heterocycles. The summed E-state index contributed by atoms with van der Waals surface area (Å²) in [5.41, 5.74) is -3.44. The van der Waals surface area contributed by atoms with Gasteiger partial charge < -0.3 is 10.6 Å². The highest BCUT2D eigenvalue weighted by molar-refractivity contribution is 7.92. The molecule has 0 unspecified atom stereocenters. The van der Waals surface area contributed by atoms with Crippen LogP contribution < -0.4 is 15.4 Å². The van der Waals surface area contributed by atoms with Gasteiger partial charge in [-0.2, -0.15) is 13.2 Å². The van der Waals surface area contributed by atoms with Crippen LogP contribution >= 0.6 is 0 Å². The summed E-state index contributed by atoms with van der Waals surface area (Å²) in [4.78, 5) is 23.9. The highest BCUT2D eigenvalue weighted by Gasteiger charge is 2.36. The first-order chi connectivity index (χ1) is 13.7. The molecular weight excluding hydrogens is 430 g/mol. The topological polar surface area (TPSA) is 104 Å². The zero-order valence-corrected chi connectivity index (χ0v) is 16.3. The molecule has 0 aliphatic carbocycles. The van der Waals surface area contributed by atoms with Crippen LogP contribution in [0.3, 0.4) is 0 Å². The molecular formula is C18H15F4N3O4S. The molecule has 0 fully saturated rings. The van der Waals surface area contributed by atoms with E-state index in [2.05, 4.69) is 10.6 Å². The lowest BCUT2D eigenvalue weighted by Gasteiger charge is -2.21. The van der Waals surface area contributed by atoms with Crippen molar-refractivity contribution in [1.29, 1.82) is 0 Å². The number of sulfonamides is 1.